The van der Waals surface area contributed by atoms with E-state index >= 15 is 0 Å². The van der Waals surface area contributed by atoms with Gasteiger partial charge < -0.3 is 10.4 Å². The summed E-state index contributed by atoms with van der Waals surface area (Å²) in [5.74, 6) is -0.316. The van der Waals surface area contributed by atoms with Gasteiger partial charge in [-0.2, -0.15) is 0 Å². The normalized spacial score (nSPS) is 10.4. The monoisotopic (exact) mass is 335 g/mol. The number of aromatic hydroxyl groups is 1. The lowest BCUT2D eigenvalue weighted by molar-refractivity contribution is 0.0954. The zero-order valence-corrected chi connectivity index (χ0v) is 13.6. The van der Waals surface area contributed by atoms with Crippen molar-refractivity contribution in [1.29, 1.82) is 0 Å². The first-order valence-electron chi connectivity index (χ1n) is 8.04. The van der Waals surface area contributed by atoms with Gasteiger partial charge in [0.25, 0.3) is 5.91 Å². The minimum absolute atomic E-state index is 0.208. The van der Waals surface area contributed by atoms with E-state index in [9.17, 15) is 14.3 Å². The molecule has 3 aromatic carbocycles. The number of nitrogens with one attached hydrogen (secondary N) is 1. The van der Waals surface area contributed by atoms with E-state index in [1.807, 2.05) is 36.4 Å². The quantitative estimate of drug-likeness (QED) is 0.735. The third-order valence-electron chi connectivity index (χ3n) is 3.96. The van der Waals surface area contributed by atoms with Crippen molar-refractivity contribution in [3.8, 4) is 16.9 Å². The minimum Gasteiger partial charge on any atom is -0.508 e. The first-order valence-corrected chi connectivity index (χ1v) is 8.04. The second kappa shape index (κ2) is 7.62. The van der Waals surface area contributed by atoms with Crippen LogP contribution in [0.15, 0.2) is 72.8 Å². The van der Waals surface area contributed by atoms with Crippen molar-refractivity contribution in [2.24, 2.45) is 0 Å². The van der Waals surface area contributed by atoms with Crippen LogP contribution in [-0.2, 0) is 6.42 Å². The van der Waals surface area contributed by atoms with Crippen LogP contribution in [-0.4, -0.2) is 17.6 Å². The molecule has 0 aliphatic heterocycles. The summed E-state index contributed by atoms with van der Waals surface area (Å²) in [6.07, 6.45) is 0.711. The van der Waals surface area contributed by atoms with Gasteiger partial charge in [0.1, 0.15) is 11.6 Å². The molecule has 0 aliphatic rings. The maximum absolute atomic E-state index is 12.9. The number of amides is 1. The number of phenolic OH excluding ortho intramolecular Hbond substituents is 1. The predicted octanol–water partition coefficient (Wildman–Crippen LogP) is 4.17. The maximum Gasteiger partial charge on any atom is 0.251 e. The highest BCUT2D eigenvalue weighted by Crippen LogP contribution is 2.22. The van der Waals surface area contributed by atoms with Crippen molar-refractivity contribution < 1.29 is 14.3 Å². The largest absolute Gasteiger partial charge is 0.508 e. The van der Waals surface area contributed by atoms with Crippen LogP contribution in [0.4, 0.5) is 4.39 Å². The van der Waals surface area contributed by atoms with Gasteiger partial charge in [-0.15, -0.1) is 0 Å². The molecule has 3 rings (SSSR count). The van der Waals surface area contributed by atoms with E-state index in [1.54, 1.807) is 12.1 Å². The van der Waals surface area contributed by atoms with Crippen LogP contribution in [0.2, 0.25) is 0 Å². The molecule has 0 atom stereocenters. The Morgan fingerprint density at radius 3 is 2.00 bits per heavy atom. The van der Waals surface area contributed by atoms with E-state index in [0.717, 1.165) is 16.7 Å². The SMILES string of the molecule is O=C(NCCc1ccc(-c2ccc(O)cc2)cc1)c1ccc(F)cc1. The van der Waals surface area contributed by atoms with Gasteiger partial charge in [-0.1, -0.05) is 36.4 Å². The maximum atomic E-state index is 12.9. The Bertz CT molecular complexity index is 841. The topological polar surface area (TPSA) is 49.3 Å². The molecular weight excluding hydrogens is 317 g/mol. The van der Waals surface area contributed by atoms with Gasteiger partial charge in [0.05, 0.1) is 0 Å². The molecule has 25 heavy (non-hydrogen) atoms. The Hall–Kier alpha value is -3.14. The fourth-order valence-electron chi connectivity index (χ4n) is 2.54. The molecule has 3 nitrogen and oxygen atoms in total. The van der Waals surface area contributed by atoms with Gasteiger partial charge >= 0.3 is 0 Å². The number of carbonyl (C=O) groups excluding carboxylic acids is 1. The lowest BCUT2D eigenvalue weighted by Crippen LogP contribution is -2.25. The Morgan fingerprint density at radius 2 is 1.40 bits per heavy atom. The molecule has 0 aliphatic carbocycles. The predicted molar refractivity (Wildman–Crippen MR) is 96.0 cm³/mol. The first kappa shape index (κ1) is 16.7. The van der Waals surface area contributed by atoms with Gasteiger partial charge in [-0.3, -0.25) is 4.79 Å². The summed E-state index contributed by atoms with van der Waals surface area (Å²) in [6, 6.07) is 20.6. The van der Waals surface area contributed by atoms with Crippen molar-refractivity contribution in [2.75, 3.05) is 6.54 Å². The van der Waals surface area contributed by atoms with Gasteiger partial charge in [0.2, 0.25) is 0 Å². The fourth-order valence-corrected chi connectivity index (χ4v) is 2.54. The molecule has 1 amide bonds. The van der Waals surface area contributed by atoms with E-state index in [0.29, 0.717) is 18.5 Å². The molecule has 0 saturated heterocycles. The lowest BCUT2D eigenvalue weighted by atomic mass is 10.0. The summed E-state index contributed by atoms with van der Waals surface area (Å²) in [4.78, 5) is 12.0. The Labute approximate surface area is 145 Å². The standard InChI is InChI=1S/C21H18FNO2/c22-19-9-5-18(6-10-19)21(25)23-14-13-15-1-3-16(4-2-15)17-7-11-20(24)12-8-17/h1-12,24H,13-14H2,(H,23,25). The molecule has 0 aromatic heterocycles. The molecule has 126 valence electrons. The average Bonchev–Trinajstić information content (AvgIpc) is 2.63. The third kappa shape index (κ3) is 4.44. The molecule has 4 heteroatoms. The summed E-state index contributed by atoms with van der Waals surface area (Å²) in [5.41, 5.74) is 3.67. The lowest BCUT2D eigenvalue weighted by Gasteiger charge is -2.07. The van der Waals surface area contributed by atoms with E-state index in [4.69, 9.17) is 0 Å². The second-order valence-electron chi connectivity index (χ2n) is 5.76. The summed E-state index contributed by atoms with van der Waals surface area (Å²) in [6.45, 7) is 0.509. The Kier molecular flexibility index (Phi) is 5.09. The van der Waals surface area contributed by atoms with Crippen LogP contribution in [0.3, 0.4) is 0 Å². The third-order valence-corrected chi connectivity index (χ3v) is 3.96. The van der Waals surface area contributed by atoms with E-state index in [-0.39, 0.29) is 17.5 Å². The van der Waals surface area contributed by atoms with Crippen LogP contribution < -0.4 is 5.32 Å². The zero-order chi connectivity index (χ0) is 17.6. The molecule has 0 saturated carbocycles. The van der Waals surface area contributed by atoms with E-state index in [2.05, 4.69) is 5.32 Å². The number of hydrogen-bond donors (Lipinski definition) is 2. The smallest absolute Gasteiger partial charge is 0.251 e. The molecular formula is C21H18FNO2. The van der Waals surface area contributed by atoms with Crippen molar-refractivity contribution in [3.05, 3.63) is 89.7 Å². The van der Waals surface area contributed by atoms with Crippen molar-refractivity contribution >= 4 is 5.91 Å². The molecule has 2 N–H and O–H groups in total. The summed E-state index contributed by atoms with van der Waals surface area (Å²) in [5, 5.41) is 12.2. The summed E-state index contributed by atoms with van der Waals surface area (Å²) in [7, 11) is 0. The number of hydrogen-bond acceptors (Lipinski definition) is 2. The van der Waals surface area contributed by atoms with Crippen LogP contribution >= 0.6 is 0 Å². The van der Waals surface area contributed by atoms with Crippen molar-refractivity contribution in [3.63, 3.8) is 0 Å². The molecule has 0 unspecified atom stereocenters. The second-order valence-corrected chi connectivity index (χ2v) is 5.76. The fraction of sp³-hybridized carbons (Fsp3) is 0.0952. The molecule has 0 bridgehead atoms. The van der Waals surface area contributed by atoms with E-state index < -0.39 is 0 Å². The van der Waals surface area contributed by atoms with Crippen molar-refractivity contribution in [2.45, 2.75) is 6.42 Å². The number of halogens is 1. The highest BCUT2D eigenvalue weighted by atomic mass is 19.1. The summed E-state index contributed by atoms with van der Waals surface area (Å²) >= 11 is 0. The number of rotatable bonds is 5. The van der Waals surface area contributed by atoms with E-state index in [1.165, 1.54) is 24.3 Å². The number of benzene rings is 3. The van der Waals surface area contributed by atoms with Crippen LogP contribution in [0, 0.1) is 5.82 Å². The van der Waals surface area contributed by atoms with Gasteiger partial charge in [0.15, 0.2) is 0 Å². The van der Waals surface area contributed by atoms with Gasteiger partial charge in [0, 0.05) is 12.1 Å². The van der Waals surface area contributed by atoms with Crippen LogP contribution in [0.5, 0.6) is 5.75 Å². The Balaban J connectivity index is 1.54. The van der Waals surface area contributed by atoms with Gasteiger partial charge in [-0.05, 0) is 59.5 Å². The molecule has 3 aromatic rings. The number of phenols is 1. The van der Waals surface area contributed by atoms with Crippen molar-refractivity contribution in [1.82, 2.24) is 5.32 Å². The zero-order valence-electron chi connectivity index (χ0n) is 13.6. The van der Waals surface area contributed by atoms with Gasteiger partial charge in [-0.25, -0.2) is 4.39 Å². The highest BCUT2D eigenvalue weighted by Gasteiger charge is 2.05. The average molecular weight is 335 g/mol. The van der Waals surface area contributed by atoms with Crippen LogP contribution in [0.1, 0.15) is 15.9 Å². The highest BCUT2D eigenvalue weighted by molar-refractivity contribution is 5.94. The molecule has 0 spiro atoms. The molecule has 0 heterocycles. The first-order chi connectivity index (χ1) is 12.1. The summed E-state index contributed by atoms with van der Waals surface area (Å²) < 4.78 is 12.9. The molecule has 0 radical (unpaired) electrons. The molecule has 0 fully saturated rings. The Morgan fingerprint density at radius 1 is 0.840 bits per heavy atom. The van der Waals surface area contributed by atoms with Crippen LogP contribution in [0.25, 0.3) is 11.1 Å². The number of carbonyl (C=O) groups is 1. The minimum atomic E-state index is -0.356.